The molecule has 0 saturated heterocycles. The second kappa shape index (κ2) is 1.97. The number of hydrogen-bond acceptors (Lipinski definition) is 1. The van der Waals surface area contributed by atoms with Crippen molar-refractivity contribution in [3.8, 4) is 0 Å². The van der Waals surface area contributed by atoms with Crippen LogP contribution < -0.4 is 0 Å². The molecule has 1 N–H and O–H groups in total. The third kappa shape index (κ3) is 0.563. The summed E-state index contributed by atoms with van der Waals surface area (Å²) in [5.41, 5.74) is -1.67. The van der Waals surface area contributed by atoms with Crippen molar-refractivity contribution in [1.82, 2.24) is 0 Å². The van der Waals surface area contributed by atoms with Crippen LogP contribution in [-0.4, -0.2) is 17.0 Å². The van der Waals surface area contributed by atoms with Crippen LogP contribution in [0.25, 0.3) is 0 Å². The SMILES string of the molecule is O=C(O)C1CC2(C1)C(F)(F)C21CCC1. The fourth-order valence-corrected chi connectivity index (χ4v) is 3.67. The predicted molar refractivity (Wildman–Crippen MR) is 44.0 cm³/mol. The van der Waals surface area contributed by atoms with Gasteiger partial charge in [0.25, 0.3) is 5.92 Å². The minimum absolute atomic E-state index is 0.204. The standard InChI is InChI=1S/C10H12F2O2/c11-10(12)8(2-1-3-8)9(10)4-6(5-9)7(13)14/h6H,1-5H2,(H,13,14). The first-order valence-corrected chi connectivity index (χ1v) is 5.08. The van der Waals surface area contributed by atoms with Crippen LogP contribution in [-0.2, 0) is 4.79 Å². The topological polar surface area (TPSA) is 37.3 Å². The molecule has 3 fully saturated rings. The molecule has 3 aliphatic carbocycles. The van der Waals surface area contributed by atoms with E-state index in [9.17, 15) is 13.6 Å². The number of rotatable bonds is 1. The Morgan fingerprint density at radius 3 is 2.07 bits per heavy atom. The van der Waals surface area contributed by atoms with E-state index in [-0.39, 0.29) is 12.8 Å². The summed E-state index contributed by atoms with van der Waals surface area (Å²) in [5, 5.41) is 8.68. The van der Waals surface area contributed by atoms with Crippen LogP contribution in [0, 0.1) is 16.7 Å². The van der Waals surface area contributed by atoms with Gasteiger partial charge in [-0.15, -0.1) is 0 Å². The van der Waals surface area contributed by atoms with Crippen molar-refractivity contribution in [3.63, 3.8) is 0 Å². The monoisotopic (exact) mass is 202 g/mol. The van der Waals surface area contributed by atoms with Gasteiger partial charge in [-0.1, -0.05) is 6.42 Å². The predicted octanol–water partition coefficient (Wildman–Crippen LogP) is 2.29. The van der Waals surface area contributed by atoms with Gasteiger partial charge in [0.2, 0.25) is 0 Å². The van der Waals surface area contributed by atoms with Crippen LogP contribution >= 0.6 is 0 Å². The molecular weight excluding hydrogens is 190 g/mol. The highest BCUT2D eigenvalue weighted by atomic mass is 19.3. The van der Waals surface area contributed by atoms with Gasteiger partial charge >= 0.3 is 5.97 Å². The second-order valence-corrected chi connectivity index (χ2v) is 5.04. The lowest BCUT2D eigenvalue weighted by Crippen LogP contribution is -2.38. The van der Waals surface area contributed by atoms with Crippen molar-refractivity contribution >= 4 is 5.97 Å². The van der Waals surface area contributed by atoms with Crippen molar-refractivity contribution < 1.29 is 18.7 Å². The normalized spacial score (nSPS) is 45.7. The summed E-state index contributed by atoms with van der Waals surface area (Å²) < 4.78 is 27.2. The maximum absolute atomic E-state index is 13.6. The Kier molecular flexibility index (Phi) is 1.21. The molecule has 0 aromatic rings. The highest BCUT2D eigenvalue weighted by Crippen LogP contribution is 2.89. The number of carboxylic acids is 1. The van der Waals surface area contributed by atoms with Gasteiger partial charge in [-0.05, 0) is 25.7 Å². The van der Waals surface area contributed by atoms with Gasteiger partial charge in [-0.2, -0.15) is 0 Å². The largest absolute Gasteiger partial charge is 0.481 e. The van der Waals surface area contributed by atoms with E-state index in [1.165, 1.54) is 0 Å². The van der Waals surface area contributed by atoms with Crippen LogP contribution in [0.2, 0.25) is 0 Å². The number of carbonyl (C=O) groups is 1. The molecule has 3 aliphatic rings. The van der Waals surface area contributed by atoms with Gasteiger partial charge in [-0.25, -0.2) is 8.78 Å². The fourth-order valence-electron chi connectivity index (χ4n) is 3.67. The Morgan fingerprint density at radius 1 is 1.21 bits per heavy atom. The minimum Gasteiger partial charge on any atom is -0.481 e. The van der Waals surface area contributed by atoms with Gasteiger partial charge in [0.15, 0.2) is 0 Å². The van der Waals surface area contributed by atoms with Crippen molar-refractivity contribution in [1.29, 1.82) is 0 Å². The molecule has 3 rings (SSSR count). The molecule has 0 bridgehead atoms. The maximum atomic E-state index is 13.6. The van der Waals surface area contributed by atoms with Gasteiger partial charge < -0.3 is 5.11 Å². The first kappa shape index (κ1) is 8.62. The molecule has 0 radical (unpaired) electrons. The summed E-state index contributed by atoms with van der Waals surface area (Å²) in [6, 6.07) is 0. The van der Waals surface area contributed by atoms with Crippen molar-refractivity contribution in [3.05, 3.63) is 0 Å². The highest BCUT2D eigenvalue weighted by molar-refractivity contribution is 5.72. The van der Waals surface area contributed by atoms with Gasteiger partial charge in [-0.3, -0.25) is 4.79 Å². The molecule has 2 spiro atoms. The average molecular weight is 202 g/mol. The number of halogens is 2. The summed E-state index contributed by atoms with van der Waals surface area (Å²) in [7, 11) is 0. The third-order valence-electron chi connectivity index (χ3n) is 4.80. The second-order valence-electron chi connectivity index (χ2n) is 5.04. The van der Waals surface area contributed by atoms with Gasteiger partial charge in [0, 0.05) is 10.8 Å². The van der Waals surface area contributed by atoms with E-state index in [4.69, 9.17) is 5.11 Å². The number of carboxylic acid groups (broad SMARTS) is 1. The average Bonchev–Trinajstić information content (AvgIpc) is 2.35. The number of aliphatic carboxylic acids is 1. The zero-order valence-corrected chi connectivity index (χ0v) is 7.72. The van der Waals surface area contributed by atoms with E-state index in [0.717, 1.165) is 6.42 Å². The zero-order chi connectivity index (χ0) is 10.2. The first-order chi connectivity index (χ1) is 6.47. The van der Waals surface area contributed by atoms with Gasteiger partial charge in [0.1, 0.15) is 0 Å². The Morgan fingerprint density at radius 2 is 1.79 bits per heavy atom. The van der Waals surface area contributed by atoms with E-state index >= 15 is 0 Å². The Balaban J connectivity index is 1.80. The molecule has 3 saturated carbocycles. The number of alkyl halides is 2. The molecule has 0 aromatic heterocycles. The van der Waals surface area contributed by atoms with E-state index < -0.39 is 28.6 Å². The fraction of sp³-hybridized carbons (Fsp3) is 0.900. The molecule has 0 heterocycles. The summed E-state index contributed by atoms with van der Waals surface area (Å²) >= 11 is 0. The van der Waals surface area contributed by atoms with E-state index in [1.54, 1.807) is 0 Å². The molecule has 0 atom stereocenters. The maximum Gasteiger partial charge on any atom is 0.306 e. The van der Waals surface area contributed by atoms with E-state index in [1.807, 2.05) is 0 Å². The number of hydrogen-bond donors (Lipinski definition) is 1. The quantitative estimate of drug-likeness (QED) is 0.708. The van der Waals surface area contributed by atoms with Crippen LogP contribution in [0.1, 0.15) is 32.1 Å². The van der Waals surface area contributed by atoms with E-state index in [2.05, 4.69) is 0 Å². The van der Waals surface area contributed by atoms with Crippen molar-refractivity contribution in [2.24, 2.45) is 16.7 Å². The van der Waals surface area contributed by atoms with Crippen LogP contribution in [0.15, 0.2) is 0 Å². The minimum atomic E-state index is -2.57. The first-order valence-electron chi connectivity index (χ1n) is 5.08. The van der Waals surface area contributed by atoms with Crippen LogP contribution in [0.3, 0.4) is 0 Å². The summed E-state index contributed by atoms with van der Waals surface area (Å²) in [4.78, 5) is 10.6. The molecule has 4 heteroatoms. The molecular formula is C10H12F2O2. The Bertz CT molecular complexity index is 314. The Hall–Kier alpha value is -0.670. The molecule has 14 heavy (non-hydrogen) atoms. The van der Waals surface area contributed by atoms with Gasteiger partial charge in [0.05, 0.1) is 5.92 Å². The summed E-state index contributed by atoms with van der Waals surface area (Å²) in [6.45, 7) is 0. The van der Waals surface area contributed by atoms with Crippen molar-refractivity contribution in [2.45, 2.75) is 38.0 Å². The summed E-state index contributed by atoms with van der Waals surface area (Å²) in [6.07, 6.45) is 2.50. The summed E-state index contributed by atoms with van der Waals surface area (Å²) in [5.74, 6) is -3.99. The van der Waals surface area contributed by atoms with E-state index in [0.29, 0.717) is 12.8 Å². The van der Waals surface area contributed by atoms with Crippen LogP contribution in [0.5, 0.6) is 0 Å². The lowest BCUT2D eigenvalue weighted by molar-refractivity contribution is -0.149. The molecule has 0 aliphatic heterocycles. The number of fused-ring (bicyclic) bond motifs is 1. The molecule has 0 aromatic carbocycles. The van der Waals surface area contributed by atoms with Crippen LogP contribution in [0.4, 0.5) is 8.78 Å². The smallest absolute Gasteiger partial charge is 0.306 e. The lowest BCUT2D eigenvalue weighted by Gasteiger charge is -2.39. The molecule has 0 unspecified atom stereocenters. The highest BCUT2D eigenvalue weighted by Gasteiger charge is 2.94. The lowest BCUT2D eigenvalue weighted by atomic mass is 9.62. The zero-order valence-electron chi connectivity index (χ0n) is 7.72. The molecule has 0 amide bonds. The molecule has 2 nitrogen and oxygen atoms in total. The Labute approximate surface area is 80.3 Å². The van der Waals surface area contributed by atoms with Crippen molar-refractivity contribution in [2.75, 3.05) is 0 Å². The third-order valence-corrected chi connectivity index (χ3v) is 4.80. The molecule has 78 valence electrons.